The average molecular weight is 386 g/mol. The van der Waals surface area contributed by atoms with Crippen molar-refractivity contribution in [3.63, 3.8) is 0 Å². The number of aromatic amines is 1. The molecule has 1 amide bonds. The summed E-state index contributed by atoms with van der Waals surface area (Å²) in [6.45, 7) is 1.80. The third-order valence-corrected chi connectivity index (χ3v) is 4.36. The Morgan fingerprint density at radius 3 is 2.86 bits per heavy atom. The van der Waals surface area contributed by atoms with Gasteiger partial charge in [-0.3, -0.25) is 15.2 Å². The number of hydrogen-bond donors (Lipinski definition) is 5. The van der Waals surface area contributed by atoms with Crippen LogP contribution in [0.15, 0.2) is 60.0 Å². The SMILES string of the molecule is C/C(=N\NC(=N)N)c1ccc2[nH]c(C(=O)Nc3ccc4cnccc4n3)cc2c1. The van der Waals surface area contributed by atoms with E-state index in [-0.39, 0.29) is 11.9 Å². The molecule has 1 aromatic carbocycles. The van der Waals surface area contributed by atoms with Crippen LogP contribution in [0.4, 0.5) is 5.82 Å². The van der Waals surface area contributed by atoms with Crippen LogP contribution in [-0.4, -0.2) is 32.5 Å². The monoisotopic (exact) mass is 386 g/mol. The highest BCUT2D eigenvalue weighted by Gasteiger charge is 2.12. The van der Waals surface area contributed by atoms with E-state index in [0.717, 1.165) is 27.4 Å². The lowest BCUT2D eigenvalue weighted by atomic mass is 10.1. The van der Waals surface area contributed by atoms with Gasteiger partial charge in [0.2, 0.25) is 5.96 Å². The molecule has 9 heteroatoms. The first kappa shape index (κ1) is 18.1. The number of fused-ring (bicyclic) bond motifs is 2. The van der Waals surface area contributed by atoms with Crippen molar-refractivity contribution in [3.05, 3.63) is 66.1 Å². The Morgan fingerprint density at radius 1 is 1.17 bits per heavy atom. The van der Waals surface area contributed by atoms with Crippen LogP contribution >= 0.6 is 0 Å². The van der Waals surface area contributed by atoms with Crippen LogP contribution in [0.25, 0.3) is 21.8 Å². The molecule has 0 aliphatic carbocycles. The van der Waals surface area contributed by atoms with E-state index in [9.17, 15) is 4.79 Å². The molecule has 0 spiro atoms. The highest BCUT2D eigenvalue weighted by atomic mass is 16.1. The lowest BCUT2D eigenvalue weighted by Crippen LogP contribution is -2.26. The Balaban J connectivity index is 1.57. The van der Waals surface area contributed by atoms with Gasteiger partial charge in [-0.15, -0.1) is 0 Å². The van der Waals surface area contributed by atoms with Crippen molar-refractivity contribution in [2.75, 3.05) is 5.32 Å². The number of nitrogens with two attached hydrogens (primary N) is 1. The number of guanidine groups is 1. The van der Waals surface area contributed by atoms with Crippen molar-refractivity contribution in [1.82, 2.24) is 20.4 Å². The molecule has 3 aromatic heterocycles. The Kier molecular flexibility index (Phi) is 4.62. The average Bonchev–Trinajstić information content (AvgIpc) is 3.15. The maximum Gasteiger partial charge on any atom is 0.273 e. The maximum atomic E-state index is 12.7. The molecular formula is C20H18N8O. The Hall–Kier alpha value is -4.27. The van der Waals surface area contributed by atoms with Gasteiger partial charge in [0.15, 0.2) is 0 Å². The summed E-state index contributed by atoms with van der Waals surface area (Å²) in [6.07, 6.45) is 3.38. The molecule has 29 heavy (non-hydrogen) atoms. The largest absolute Gasteiger partial charge is 0.369 e. The molecule has 6 N–H and O–H groups in total. The molecule has 0 radical (unpaired) electrons. The number of aromatic nitrogens is 3. The minimum Gasteiger partial charge on any atom is -0.369 e. The standard InChI is InChI=1S/C20H18N8O/c1-11(27-28-20(21)22)12-2-4-15-14(8-12)9-17(24-15)19(29)26-18-5-3-13-10-23-7-6-16(13)25-18/h2-10,24H,1H3,(H4,21,22,28)(H,25,26,29)/b27-11+. The molecule has 3 heterocycles. The van der Waals surface area contributed by atoms with Gasteiger partial charge < -0.3 is 16.0 Å². The molecule has 0 aliphatic heterocycles. The maximum absolute atomic E-state index is 12.7. The number of rotatable bonds is 4. The van der Waals surface area contributed by atoms with Crippen LogP contribution in [0.1, 0.15) is 23.0 Å². The van der Waals surface area contributed by atoms with Crippen molar-refractivity contribution < 1.29 is 4.79 Å². The topological polar surface area (TPSA) is 145 Å². The van der Waals surface area contributed by atoms with Gasteiger partial charge in [-0.2, -0.15) is 5.10 Å². The minimum absolute atomic E-state index is 0.232. The number of H-pyrrole nitrogens is 1. The van der Waals surface area contributed by atoms with Gasteiger partial charge in [-0.1, -0.05) is 6.07 Å². The summed E-state index contributed by atoms with van der Waals surface area (Å²) in [7, 11) is 0. The Morgan fingerprint density at radius 2 is 2.03 bits per heavy atom. The molecular weight excluding hydrogens is 368 g/mol. The van der Waals surface area contributed by atoms with E-state index in [4.69, 9.17) is 11.1 Å². The number of hydrazone groups is 1. The second kappa shape index (κ2) is 7.39. The van der Waals surface area contributed by atoms with Crippen LogP contribution in [-0.2, 0) is 0 Å². The number of carbonyl (C=O) groups is 1. The van der Waals surface area contributed by atoms with Crippen molar-refractivity contribution in [2.24, 2.45) is 10.8 Å². The van der Waals surface area contributed by atoms with E-state index >= 15 is 0 Å². The molecule has 0 saturated heterocycles. The van der Waals surface area contributed by atoms with E-state index in [2.05, 4.69) is 30.8 Å². The Bertz CT molecular complexity index is 1270. The van der Waals surface area contributed by atoms with Gasteiger partial charge in [-0.25, -0.2) is 10.4 Å². The van der Waals surface area contributed by atoms with Gasteiger partial charge in [0.25, 0.3) is 5.91 Å². The van der Waals surface area contributed by atoms with Crippen molar-refractivity contribution in [2.45, 2.75) is 6.92 Å². The summed E-state index contributed by atoms with van der Waals surface area (Å²) in [5.74, 6) is -0.0526. The first-order chi connectivity index (χ1) is 14.0. The molecule has 0 unspecified atom stereocenters. The highest BCUT2D eigenvalue weighted by Crippen LogP contribution is 2.19. The van der Waals surface area contributed by atoms with Gasteiger partial charge in [0.1, 0.15) is 11.5 Å². The zero-order chi connectivity index (χ0) is 20.4. The number of nitrogens with one attached hydrogen (secondary N) is 4. The lowest BCUT2D eigenvalue weighted by Gasteiger charge is -2.04. The molecule has 0 fully saturated rings. The first-order valence-electron chi connectivity index (χ1n) is 8.79. The fourth-order valence-electron chi connectivity index (χ4n) is 2.91. The van der Waals surface area contributed by atoms with E-state index in [1.807, 2.05) is 24.3 Å². The van der Waals surface area contributed by atoms with Gasteiger partial charge >= 0.3 is 0 Å². The van der Waals surface area contributed by atoms with E-state index in [1.54, 1.807) is 37.5 Å². The fraction of sp³-hybridized carbons (Fsp3) is 0.0500. The van der Waals surface area contributed by atoms with E-state index in [1.165, 1.54) is 0 Å². The van der Waals surface area contributed by atoms with Crippen LogP contribution in [0.2, 0.25) is 0 Å². The fourth-order valence-corrected chi connectivity index (χ4v) is 2.91. The van der Waals surface area contributed by atoms with Crippen LogP contribution in [0, 0.1) is 5.41 Å². The van der Waals surface area contributed by atoms with Crippen LogP contribution in [0.3, 0.4) is 0 Å². The van der Waals surface area contributed by atoms with E-state index < -0.39 is 0 Å². The molecule has 4 rings (SSSR count). The van der Waals surface area contributed by atoms with Crippen molar-refractivity contribution in [3.8, 4) is 0 Å². The number of pyridine rings is 2. The van der Waals surface area contributed by atoms with Gasteiger partial charge in [0, 0.05) is 28.7 Å². The predicted molar refractivity (Wildman–Crippen MR) is 113 cm³/mol. The number of amides is 1. The second-order valence-corrected chi connectivity index (χ2v) is 6.43. The second-order valence-electron chi connectivity index (χ2n) is 6.43. The molecule has 0 aliphatic rings. The van der Waals surface area contributed by atoms with Gasteiger partial charge in [-0.05, 0) is 48.9 Å². The smallest absolute Gasteiger partial charge is 0.273 e. The van der Waals surface area contributed by atoms with E-state index in [0.29, 0.717) is 17.2 Å². The summed E-state index contributed by atoms with van der Waals surface area (Å²) in [6, 6.07) is 12.8. The summed E-state index contributed by atoms with van der Waals surface area (Å²) in [5.41, 5.74) is 11.2. The van der Waals surface area contributed by atoms with Crippen LogP contribution in [0.5, 0.6) is 0 Å². The number of hydrogen-bond acceptors (Lipinski definition) is 5. The third-order valence-electron chi connectivity index (χ3n) is 4.36. The summed E-state index contributed by atoms with van der Waals surface area (Å²) >= 11 is 0. The summed E-state index contributed by atoms with van der Waals surface area (Å²) in [5, 5.41) is 15.8. The molecule has 9 nitrogen and oxygen atoms in total. The summed E-state index contributed by atoms with van der Waals surface area (Å²) < 4.78 is 0. The van der Waals surface area contributed by atoms with Crippen LogP contribution < -0.4 is 16.5 Å². The number of nitrogens with zero attached hydrogens (tertiary/aromatic N) is 3. The molecule has 0 atom stereocenters. The lowest BCUT2D eigenvalue weighted by molar-refractivity contribution is 0.102. The first-order valence-corrected chi connectivity index (χ1v) is 8.79. The predicted octanol–water partition coefficient (Wildman–Crippen LogP) is 2.57. The normalized spacial score (nSPS) is 11.6. The number of anilines is 1. The molecule has 4 aromatic rings. The van der Waals surface area contributed by atoms with Gasteiger partial charge in [0.05, 0.1) is 11.2 Å². The zero-order valence-electron chi connectivity index (χ0n) is 15.5. The number of benzene rings is 1. The molecule has 0 saturated carbocycles. The zero-order valence-corrected chi connectivity index (χ0v) is 15.5. The molecule has 0 bridgehead atoms. The number of carbonyl (C=O) groups excluding carboxylic acids is 1. The Labute approximate surface area is 165 Å². The van der Waals surface area contributed by atoms with Crippen molar-refractivity contribution in [1.29, 1.82) is 5.41 Å². The third kappa shape index (κ3) is 3.88. The molecule has 144 valence electrons. The quantitative estimate of drug-likeness (QED) is 0.208. The summed E-state index contributed by atoms with van der Waals surface area (Å²) in [4.78, 5) is 24.2. The minimum atomic E-state index is -0.285. The highest BCUT2D eigenvalue weighted by molar-refractivity contribution is 6.07. The van der Waals surface area contributed by atoms with Crippen molar-refractivity contribution >= 4 is 45.2 Å².